The van der Waals surface area contributed by atoms with Crippen molar-refractivity contribution in [1.29, 1.82) is 0 Å². The first-order chi connectivity index (χ1) is 16.4. The van der Waals surface area contributed by atoms with Gasteiger partial charge in [0.15, 0.2) is 5.60 Å². The van der Waals surface area contributed by atoms with E-state index in [4.69, 9.17) is 5.73 Å². The number of piperazine rings is 1. The number of aliphatic hydroxyl groups is 1. The summed E-state index contributed by atoms with van der Waals surface area (Å²) in [5, 5.41) is 10.4. The first kappa shape index (κ1) is 25.5. The van der Waals surface area contributed by atoms with E-state index < -0.39 is 21.8 Å². The van der Waals surface area contributed by atoms with Gasteiger partial charge in [0.05, 0.1) is 5.00 Å². The molecule has 6 nitrogen and oxygen atoms in total. The van der Waals surface area contributed by atoms with Gasteiger partial charge in [-0.25, -0.2) is 8.42 Å². The summed E-state index contributed by atoms with van der Waals surface area (Å²) in [6, 6.07) is 18.0. The van der Waals surface area contributed by atoms with Gasteiger partial charge >= 0.3 is 6.18 Å². The van der Waals surface area contributed by atoms with E-state index in [-0.39, 0.29) is 28.9 Å². The van der Waals surface area contributed by atoms with E-state index in [9.17, 15) is 26.7 Å². The zero-order chi connectivity index (χ0) is 25.4. The Balaban J connectivity index is 1.62. The molecule has 2 atom stereocenters. The number of nitrogen functional groups attached to an aromatic ring is 1. The van der Waals surface area contributed by atoms with Gasteiger partial charge in [0.2, 0.25) is 0 Å². The zero-order valence-electron chi connectivity index (χ0n) is 18.9. The average molecular weight is 526 g/mol. The number of hydrogen-bond acceptors (Lipinski definition) is 6. The molecule has 0 saturated carbocycles. The van der Waals surface area contributed by atoms with Crippen molar-refractivity contribution in [3.63, 3.8) is 0 Å². The van der Waals surface area contributed by atoms with Crippen LogP contribution in [0.15, 0.2) is 70.9 Å². The van der Waals surface area contributed by atoms with E-state index >= 15 is 0 Å². The largest absolute Gasteiger partial charge is 0.421 e. The monoisotopic (exact) mass is 525 g/mol. The van der Waals surface area contributed by atoms with Gasteiger partial charge < -0.3 is 15.7 Å². The summed E-state index contributed by atoms with van der Waals surface area (Å²) in [7, 11) is -3.73. The Bertz CT molecular complexity index is 1260. The van der Waals surface area contributed by atoms with Gasteiger partial charge in [-0.2, -0.15) is 17.5 Å². The number of nitrogens with two attached hydrogens (primary N) is 1. The quantitative estimate of drug-likeness (QED) is 0.503. The van der Waals surface area contributed by atoms with Crippen LogP contribution < -0.4 is 10.6 Å². The Labute approximate surface area is 206 Å². The molecule has 11 heteroatoms. The highest BCUT2D eigenvalue weighted by molar-refractivity contribution is 7.91. The summed E-state index contributed by atoms with van der Waals surface area (Å²) in [6.45, 7) is 1.50. The third kappa shape index (κ3) is 5.18. The highest BCUT2D eigenvalue weighted by Crippen LogP contribution is 2.39. The number of anilines is 2. The maximum atomic E-state index is 13.2. The highest BCUT2D eigenvalue weighted by Gasteiger charge is 2.51. The van der Waals surface area contributed by atoms with Gasteiger partial charge in [0.1, 0.15) is 4.21 Å². The van der Waals surface area contributed by atoms with Gasteiger partial charge in [0, 0.05) is 31.4 Å². The number of hydrogen-bond donors (Lipinski definition) is 2. The maximum Gasteiger partial charge on any atom is 0.421 e. The van der Waals surface area contributed by atoms with Crippen molar-refractivity contribution >= 4 is 32.0 Å². The predicted molar refractivity (Wildman–Crippen MR) is 131 cm³/mol. The van der Waals surface area contributed by atoms with Crippen LogP contribution in [0.5, 0.6) is 0 Å². The Morgan fingerprint density at radius 2 is 1.69 bits per heavy atom. The number of thiophene rings is 1. The fraction of sp³-hybridized carbons (Fsp3) is 0.333. The van der Waals surface area contributed by atoms with Crippen molar-refractivity contribution in [2.45, 2.75) is 35.4 Å². The molecule has 0 amide bonds. The number of rotatable bonds is 6. The van der Waals surface area contributed by atoms with E-state index in [1.807, 2.05) is 35.2 Å². The lowest BCUT2D eigenvalue weighted by atomic mass is 9.94. The van der Waals surface area contributed by atoms with Crippen LogP contribution in [-0.2, 0) is 22.0 Å². The summed E-state index contributed by atoms with van der Waals surface area (Å²) >= 11 is 1.02. The molecular formula is C24H26F3N3O3S2. The van der Waals surface area contributed by atoms with E-state index in [1.54, 1.807) is 6.07 Å². The van der Waals surface area contributed by atoms with Crippen LogP contribution in [-0.4, -0.2) is 49.7 Å². The molecule has 2 aromatic carbocycles. The summed E-state index contributed by atoms with van der Waals surface area (Å²) in [5.41, 5.74) is 4.18. The molecule has 0 aliphatic carbocycles. The summed E-state index contributed by atoms with van der Waals surface area (Å²) in [6.07, 6.45) is -4.27. The summed E-state index contributed by atoms with van der Waals surface area (Å²) in [5.74, 6) is 0. The van der Waals surface area contributed by atoms with Crippen molar-refractivity contribution in [1.82, 2.24) is 4.31 Å². The van der Waals surface area contributed by atoms with Crippen molar-refractivity contribution in [3.8, 4) is 0 Å². The molecule has 1 unspecified atom stereocenters. The first-order valence-corrected chi connectivity index (χ1v) is 13.2. The van der Waals surface area contributed by atoms with Crippen LogP contribution >= 0.6 is 11.3 Å². The Kier molecular flexibility index (Phi) is 6.89. The fourth-order valence-electron chi connectivity index (χ4n) is 4.19. The molecule has 35 heavy (non-hydrogen) atoms. The minimum absolute atomic E-state index is 0.181. The summed E-state index contributed by atoms with van der Waals surface area (Å²) < 4.78 is 67.8. The third-order valence-corrected chi connectivity index (χ3v) is 9.52. The molecule has 2 heterocycles. The van der Waals surface area contributed by atoms with Crippen LogP contribution in [0.2, 0.25) is 0 Å². The average Bonchev–Trinajstić information content (AvgIpc) is 3.26. The van der Waals surface area contributed by atoms with Crippen LogP contribution in [0.1, 0.15) is 18.1 Å². The number of benzene rings is 2. The van der Waals surface area contributed by atoms with Gasteiger partial charge in [-0.15, -0.1) is 11.3 Å². The summed E-state index contributed by atoms with van der Waals surface area (Å²) in [4.78, 5) is 2.01. The molecule has 4 rings (SSSR count). The SMILES string of the molecule is CC(O)(c1ccc(N2CCN(S(=O)(=O)c3ccc(N)s3)C[C@@H]2Cc2ccccc2)cc1)C(F)(F)F. The Hall–Kier alpha value is -2.60. The van der Waals surface area contributed by atoms with Crippen LogP contribution in [0.3, 0.4) is 0 Å². The van der Waals surface area contributed by atoms with E-state index in [1.165, 1.54) is 34.6 Å². The van der Waals surface area contributed by atoms with Crippen molar-refractivity contribution < 1.29 is 26.7 Å². The molecule has 1 saturated heterocycles. The molecule has 188 valence electrons. The number of nitrogens with zero attached hydrogens (tertiary/aromatic N) is 2. The molecule has 0 bridgehead atoms. The molecule has 0 spiro atoms. The standard InChI is InChI=1S/C24H26F3N3O3S2/c1-23(31,24(25,26)27)18-7-9-19(10-8-18)30-14-13-29(35(32,33)22-12-11-21(28)34-22)16-20(30)15-17-5-3-2-4-6-17/h2-12,20,31H,13-16,28H2,1H3/t20-,23?/m0/s1. The van der Waals surface area contributed by atoms with Crippen LogP contribution in [0.4, 0.5) is 23.9 Å². The van der Waals surface area contributed by atoms with Gasteiger partial charge in [-0.1, -0.05) is 42.5 Å². The minimum Gasteiger partial charge on any atom is -0.391 e. The van der Waals surface area contributed by atoms with Gasteiger partial charge in [-0.05, 0) is 48.7 Å². The van der Waals surface area contributed by atoms with E-state index in [2.05, 4.69) is 0 Å². The first-order valence-electron chi connectivity index (χ1n) is 11.0. The minimum atomic E-state index is -4.81. The topological polar surface area (TPSA) is 86.9 Å². The molecule has 1 fully saturated rings. The second-order valence-corrected chi connectivity index (χ2v) is 12.0. The van der Waals surface area contributed by atoms with Crippen molar-refractivity contribution in [2.24, 2.45) is 0 Å². The lowest BCUT2D eigenvalue weighted by Crippen LogP contribution is -2.55. The smallest absolute Gasteiger partial charge is 0.391 e. The van der Waals surface area contributed by atoms with Gasteiger partial charge in [-0.3, -0.25) is 0 Å². The lowest BCUT2D eigenvalue weighted by Gasteiger charge is -2.42. The number of alkyl halides is 3. The van der Waals surface area contributed by atoms with Crippen LogP contribution in [0, 0.1) is 0 Å². The van der Waals surface area contributed by atoms with Crippen molar-refractivity contribution in [3.05, 3.63) is 77.9 Å². The highest BCUT2D eigenvalue weighted by atomic mass is 32.2. The fourth-order valence-corrected chi connectivity index (χ4v) is 6.90. The second-order valence-electron chi connectivity index (χ2n) is 8.67. The Morgan fingerprint density at radius 1 is 1.03 bits per heavy atom. The Morgan fingerprint density at radius 3 is 2.26 bits per heavy atom. The van der Waals surface area contributed by atoms with E-state index in [0.717, 1.165) is 23.8 Å². The van der Waals surface area contributed by atoms with Crippen LogP contribution in [0.25, 0.3) is 0 Å². The lowest BCUT2D eigenvalue weighted by molar-refractivity contribution is -0.258. The molecule has 3 aromatic rings. The molecule has 1 aromatic heterocycles. The number of halogens is 3. The second kappa shape index (κ2) is 9.45. The third-order valence-electron chi connectivity index (χ3n) is 6.27. The number of sulfonamides is 1. The normalized spacial score (nSPS) is 19.5. The molecular weight excluding hydrogens is 499 g/mol. The molecule has 1 aliphatic rings. The predicted octanol–water partition coefficient (Wildman–Crippen LogP) is 4.22. The molecule has 3 N–H and O–H groups in total. The molecule has 1 aliphatic heterocycles. The van der Waals surface area contributed by atoms with Crippen molar-refractivity contribution in [2.75, 3.05) is 30.3 Å². The van der Waals surface area contributed by atoms with Gasteiger partial charge in [0.25, 0.3) is 10.0 Å². The van der Waals surface area contributed by atoms with E-state index in [0.29, 0.717) is 23.7 Å². The molecule has 0 radical (unpaired) electrons. The zero-order valence-corrected chi connectivity index (χ0v) is 20.6. The maximum absolute atomic E-state index is 13.2.